The minimum atomic E-state index is 0.413. The van der Waals surface area contributed by atoms with Crippen molar-refractivity contribution in [1.82, 2.24) is 10.3 Å². The molecule has 0 spiro atoms. The molecule has 108 valence electrons. The van der Waals surface area contributed by atoms with Crippen molar-refractivity contribution >= 4 is 11.3 Å². The van der Waals surface area contributed by atoms with E-state index in [1.807, 2.05) is 11.3 Å². The summed E-state index contributed by atoms with van der Waals surface area (Å²) in [5.74, 6) is 0.801. The number of rotatable bonds is 3. The number of hydrogen-bond donors (Lipinski definition) is 1. The second kappa shape index (κ2) is 5.92. The molecule has 2 rings (SSSR count). The van der Waals surface area contributed by atoms with Gasteiger partial charge in [0.2, 0.25) is 0 Å². The standard InChI is InChI=1S/C16H28N2S/c1-11-15(19-12(2)18-11)10-17-14-9-7-6-8-13(14)16(3,4)5/h13-14,17H,6-10H2,1-5H3. The molecule has 0 amide bonds. The Labute approximate surface area is 122 Å². The highest BCUT2D eigenvalue weighted by molar-refractivity contribution is 7.11. The van der Waals surface area contributed by atoms with Crippen molar-refractivity contribution in [2.45, 2.75) is 72.9 Å². The van der Waals surface area contributed by atoms with Gasteiger partial charge in [-0.05, 0) is 38.0 Å². The molecule has 0 bridgehead atoms. The van der Waals surface area contributed by atoms with Gasteiger partial charge in [-0.2, -0.15) is 0 Å². The molecule has 1 aliphatic rings. The van der Waals surface area contributed by atoms with E-state index < -0.39 is 0 Å². The molecule has 0 radical (unpaired) electrons. The number of hydrogen-bond acceptors (Lipinski definition) is 3. The van der Waals surface area contributed by atoms with Crippen molar-refractivity contribution in [2.75, 3.05) is 0 Å². The zero-order chi connectivity index (χ0) is 14.0. The molecule has 1 fully saturated rings. The van der Waals surface area contributed by atoms with E-state index in [-0.39, 0.29) is 0 Å². The second-order valence-electron chi connectivity index (χ2n) is 6.99. The van der Waals surface area contributed by atoms with Gasteiger partial charge in [-0.15, -0.1) is 11.3 Å². The van der Waals surface area contributed by atoms with E-state index >= 15 is 0 Å². The first-order chi connectivity index (χ1) is 8.88. The average Bonchev–Trinajstić information content (AvgIpc) is 2.64. The average molecular weight is 280 g/mol. The first-order valence-electron chi connectivity index (χ1n) is 7.54. The molecule has 0 saturated heterocycles. The maximum Gasteiger partial charge on any atom is 0.0900 e. The quantitative estimate of drug-likeness (QED) is 0.884. The molecule has 3 heteroatoms. The maximum atomic E-state index is 4.52. The lowest BCUT2D eigenvalue weighted by Crippen LogP contribution is -2.43. The Morgan fingerprint density at radius 2 is 1.89 bits per heavy atom. The topological polar surface area (TPSA) is 24.9 Å². The minimum absolute atomic E-state index is 0.413. The van der Waals surface area contributed by atoms with Gasteiger partial charge < -0.3 is 5.32 Å². The minimum Gasteiger partial charge on any atom is -0.309 e. The smallest absolute Gasteiger partial charge is 0.0900 e. The van der Waals surface area contributed by atoms with Gasteiger partial charge >= 0.3 is 0 Å². The van der Waals surface area contributed by atoms with E-state index in [1.54, 1.807) is 0 Å². The molecule has 2 nitrogen and oxygen atoms in total. The summed E-state index contributed by atoms with van der Waals surface area (Å²) in [7, 11) is 0. The van der Waals surface area contributed by atoms with Gasteiger partial charge in [0, 0.05) is 17.5 Å². The molecule has 2 unspecified atom stereocenters. The number of nitrogens with one attached hydrogen (secondary N) is 1. The van der Waals surface area contributed by atoms with Crippen LogP contribution in [0.1, 0.15) is 62.0 Å². The van der Waals surface area contributed by atoms with Crippen LogP contribution in [0.4, 0.5) is 0 Å². The summed E-state index contributed by atoms with van der Waals surface area (Å²) < 4.78 is 0. The van der Waals surface area contributed by atoms with Crippen LogP contribution in [0.25, 0.3) is 0 Å². The molecular formula is C16H28N2S. The van der Waals surface area contributed by atoms with E-state index in [0.717, 1.165) is 12.5 Å². The summed E-state index contributed by atoms with van der Waals surface area (Å²) in [6.45, 7) is 12.4. The monoisotopic (exact) mass is 280 g/mol. The van der Waals surface area contributed by atoms with Gasteiger partial charge in [0.25, 0.3) is 0 Å². The van der Waals surface area contributed by atoms with Crippen LogP contribution in [0.3, 0.4) is 0 Å². The lowest BCUT2D eigenvalue weighted by Gasteiger charge is -2.41. The van der Waals surface area contributed by atoms with Gasteiger partial charge in [-0.25, -0.2) is 4.98 Å². The fourth-order valence-corrected chi connectivity index (χ4v) is 4.26. The van der Waals surface area contributed by atoms with Gasteiger partial charge in [-0.3, -0.25) is 0 Å². The summed E-state index contributed by atoms with van der Waals surface area (Å²) in [5.41, 5.74) is 1.62. The van der Waals surface area contributed by atoms with E-state index in [4.69, 9.17) is 0 Å². The van der Waals surface area contributed by atoms with Gasteiger partial charge in [0.15, 0.2) is 0 Å². The third kappa shape index (κ3) is 3.79. The molecule has 2 atom stereocenters. The fraction of sp³-hybridized carbons (Fsp3) is 0.812. The molecule has 1 N–H and O–H groups in total. The molecular weight excluding hydrogens is 252 g/mol. The lowest BCUT2D eigenvalue weighted by molar-refractivity contribution is 0.130. The Morgan fingerprint density at radius 3 is 2.47 bits per heavy atom. The third-order valence-corrected chi connectivity index (χ3v) is 5.48. The molecule has 0 aromatic carbocycles. The molecule has 1 aliphatic carbocycles. The van der Waals surface area contributed by atoms with Crippen LogP contribution in [0.2, 0.25) is 0 Å². The van der Waals surface area contributed by atoms with Crippen molar-refractivity contribution in [3.8, 4) is 0 Å². The van der Waals surface area contributed by atoms with E-state index in [9.17, 15) is 0 Å². The predicted octanol–water partition coefficient (Wildman–Crippen LogP) is 4.45. The first-order valence-corrected chi connectivity index (χ1v) is 8.36. The Balaban J connectivity index is 1.98. The zero-order valence-electron chi connectivity index (χ0n) is 13.0. The third-order valence-electron chi connectivity index (χ3n) is 4.40. The first kappa shape index (κ1) is 15.0. The molecule has 1 aromatic rings. The van der Waals surface area contributed by atoms with Crippen LogP contribution < -0.4 is 5.32 Å². The summed E-state index contributed by atoms with van der Waals surface area (Å²) in [6.07, 6.45) is 5.49. The highest BCUT2D eigenvalue weighted by atomic mass is 32.1. The zero-order valence-corrected chi connectivity index (χ0v) is 13.9. The summed E-state index contributed by atoms with van der Waals surface area (Å²) >= 11 is 1.84. The largest absolute Gasteiger partial charge is 0.309 e. The van der Waals surface area contributed by atoms with E-state index in [0.29, 0.717) is 11.5 Å². The number of aromatic nitrogens is 1. The predicted molar refractivity (Wildman–Crippen MR) is 83.6 cm³/mol. The van der Waals surface area contributed by atoms with Crippen LogP contribution >= 0.6 is 11.3 Å². The van der Waals surface area contributed by atoms with Crippen LogP contribution in [-0.2, 0) is 6.54 Å². The van der Waals surface area contributed by atoms with Crippen molar-refractivity contribution in [2.24, 2.45) is 11.3 Å². The molecule has 0 aliphatic heterocycles. The van der Waals surface area contributed by atoms with Crippen LogP contribution in [0.5, 0.6) is 0 Å². The van der Waals surface area contributed by atoms with Crippen molar-refractivity contribution in [3.63, 3.8) is 0 Å². The Morgan fingerprint density at radius 1 is 1.21 bits per heavy atom. The molecule has 19 heavy (non-hydrogen) atoms. The number of thiazole rings is 1. The Bertz CT molecular complexity index is 417. The summed E-state index contributed by atoms with van der Waals surface area (Å²) in [5, 5.41) is 5.00. The highest BCUT2D eigenvalue weighted by Crippen LogP contribution is 2.38. The molecule has 1 heterocycles. The summed E-state index contributed by atoms with van der Waals surface area (Å²) in [6, 6.07) is 0.676. The SMILES string of the molecule is Cc1nc(C)c(CNC2CCCCC2C(C)(C)C)s1. The van der Waals surface area contributed by atoms with E-state index in [2.05, 4.69) is 44.9 Å². The molecule has 1 saturated carbocycles. The van der Waals surface area contributed by atoms with Crippen molar-refractivity contribution < 1.29 is 0 Å². The highest BCUT2D eigenvalue weighted by Gasteiger charge is 2.33. The van der Waals surface area contributed by atoms with Crippen LogP contribution in [0.15, 0.2) is 0 Å². The Kier molecular flexibility index (Phi) is 4.67. The van der Waals surface area contributed by atoms with Crippen LogP contribution in [-0.4, -0.2) is 11.0 Å². The van der Waals surface area contributed by atoms with Crippen molar-refractivity contribution in [3.05, 3.63) is 15.6 Å². The number of aryl methyl sites for hydroxylation is 2. The normalized spacial score (nSPS) is 24.7. The van der Waals surface area contributed by atoms with Gasteiger partial charge in [-0.1, -0.05) is 33.6 Å². The van der Waals surface area contributed by atoms with Crippen LogP contribution in [0, 0.1) is 25.2 Å². The number of nitrogens with zero attached hydrogens (tertiary/aromatic N) is 1. The maximum absolute atomic E-state index is 4.52. The molecule has 1 aromatic heterocycles. The van der Waals surface area contributed by atoms with Gasteiger partial charge in [0.05, 0.1) is 10.7 Å². The second-order valence-corrected chi connectivity index (χ2v) is 8.27. The van der Waals surface area contributed by atoms with E-state index in [1.165, 1.54) is 41.3 Å². The summed E-state index contributed by atoms with van der Waals surface area (Å²) in [4.78, 5) is 5.93. The lowest BCUT2D eigenvalue weighted by atomic mass is 9.69. The Hall–Kier alpha value is -0.410. The van der Waals surface area contributed by atoms with Gasteiger partial charge in [0.1, 0.15) is 0 Å². The fourth-order valence-electron chi connectivity index (χ4n) is 3.37. The van der Waals surface area contributed by atoms with Crippen molar-refractivity contribution in [1.29, 1.82) is 0 Å².